The predicted octanol–water partition coefficient (Wildman–Crippen LogP) is 1.02. The van der Waals surface area contributed by atoms with Crippen molar-refractivity contribution in [2.75, 3.05) is 5.32 Å². The lowest BCUT2D eigenvalue weighted by Gasteiger charge is -2.19. The van der Waals surface area contributed by atoms with Crippen molar-refractivity contribution in [3.63, 3.8) is 0 Å². The van der Waals surface area contributed by atoms with Crippen LogP contribution in [-0.2, 0) is 13.2 Å². The smallest absolute Gasteiger partial charge is 0.0744 e. The van der Waals surface area contributed by atoms with Crippen LogP contribution in [0, 0.1) is 5.92 Å². The minimum absolute atomic E-state index is 0.00161. The number of anilines is 1. The maximum atomic E-state index is 10.2. The number of pyridine rings is 1. The highest BCUT2D eigenvalue weighted by Gasteiger charge is 2.33. The van der Waals surface area contributed by atoms with Crippen LogP contribution in [0.25, 0.3) is 0 Å². The Morgan fingerprint density at radius 2 is 2.24 bits per heavy atom. The van der Waals surface area contributed by atoms with E-state index in [0.717, 1.165) is 30.6 Å². The molecule has 0 amide bonds. The summed E-state index contributed by atoms with van der Waals surface area (Å²) in [6.45, 7) is 0.765. The number of nitrogens with one attached hydrogen (secondary N) is 1. The Labute approximate surface area is 123 Å². The highest BCUT2D eigenvalue weighted by molar-refractivity contribution is 5.50. The van der Waals surface area contributed by atoms with E-state index in [1.54, 1.807) is 18.6 Å². The van der Waals surface area contributed by atoms with Crippen LogP contribution in [0.1, 0.15) is 18.4 Å². The fourth-order valence-corrected chi connectivity index (χ4v) is 2.99. The van der Waals surface area contributed by atoms with Crippen LogP contribution < -0.4 is 5.32 Å². The van der Waals surface area contributed by atoms with E-state index in [-0.39, 0.29) is 18.8 Å². The van der Waals surface area contributed by atoms with Gasteiger partial charge in [-0.3, -0.25) is 9.67 Å². The molecule has 0 saturated heterocycles. The van der Waals surface area contributed by atoms with Gasteiger partial charge in [-0.25, -0.2) is 0 Å². The van der Waals surface area contributed by atoms with Crippen LogP contribution in [0.4, 0.5) is 5.69 Å². The SMILES string of the molecule is OCc1cnccc1N[C@@H]1CC(Cn2cccn2)C[C@H]1O. The van der Waals surface area contributed by atoms with Gasteiger partial charge in [-0.2, -0.15) is 5.10 Å². The molecule has 1 fully saturated rings. The molecule has 1 saturated carbocycles. The molecule has 1 aliphatic rings. The van der Waals surface area contributed by atoms with E-state index < -0.39 is 0 Å². The molecular weight excluding hydrogens is 268 g/mol. The van der Waals surface area contributed by atoms with Crippen LogP contribution in [0.2, 0.25) is 0 Å². The summed E-state index contributed by atoms with van der Waals surface area (Å²) in [5.74, 6) is 0.400. The van der Waals surface area contributed by atoms with Gasteiger partial charge in [-0.05, 0) is 30.9 Å². The Bertz CT molecular complexity index is 573. The van der Waals surface area contributed by atoms with Crippen molar-refractivity contribution in [1.82, 2.24) is 14.8 Å². The van der Waals surface area contributed by atoms with Crippen molar-refractivity contribution >= 4 is 5.69 Å². The van der Waals surface area contributed by atoms with E-state index in [4.69, 9.17) is 0 Å². The molecule has 21 heavy (non-hydrogen) atoms. The van der Waals surface area contributed by atoms with Crippen molar-refractivity contribution in [2.45, 2.75) is 38.1 Å². The molecule has 0 aliphatic heterocycles. The lowest BCUT2D eigenvalue weighted by molar-refractivity contribution is 0.166. The Kier molecular flexibility index (Phi) is 4.17. The fraction of sp³-hybridized carbons (Fsp3) is 0.467. The fourth-order valence-electron chi connectivity index (χ4n) is 2.99. The van der Waals surface area contributed by atoms with E-state index in [9.17, 15) is 10.2 Å². The van der Waals surface area contributed by atoms with E-state index >= 15 is 0 Å². The van der Waals surface area contributed by atoms with Crippen molar-refractivity contribution in [1.29, 1.82) is 0 Å². The third-order valence-corrected chi connectivity index (χ3v) is 4.05. The van der Waals surface area contributed by atoms with Crippen LogP contribution >= 0.6 is 0 Å². The molecule has 0 aromatic carbocycles. The van der Waals surface area contributed by atoms with Gasteiger partial charge in [0, 0.05) is 42.6 Å². The summed E-state index contributed by atoms with van der Waals surface area (Å²) in [7, 11) is 0. The average Bonchev–Trinajstić information content (AvgIpc) is 3.11. The number of hydrogen-bond donors (Lipinski definition) is 3. The molecule has 2 aromatic heterocycles. The van der Waals surface area contributed by atoms with Gasteiger partial charge < -0.3 is 15.5 Å². The predicted molar refractivity (Wildman–Crippen MR) is 78.5 cm³/mol. The summed E-state index contributed by atoms with van der Waals surface area (Å²) in [5.41, 5.74) is 1.59. The molecule has 3 rings (SSSR count). The Hall–Kier alpha value is -1.92. The number of aliphatic hydroxyl groups is 2. The maximum absolute atomic E-state index is 10.2. The van der Waals surface area contributed by atoms with E-state index in [1.165, 1.54) is 0 Å². The minimum atomic E-state index is -0.384. The zero-order chi connectivity index (χ0) is 14.7. The van der Waals surface area contributed by atoms with Gasteiger partial charge in [0.25, 0.3) is 0 Å². The Morgan fingerprint density at radius 3 is 3.00 bits per heavy atom. The monoisotopic (exact) mass is 288 g/mol. The van der Waals surface area contributed by atoms with E-state index in [0.29, 0.717) is 5.92 Å². The number of aliphatic hydroxyl groups excluding tert-OH is 2. The van der Waals surface area contributed by atoms with Crippen molar-refractivity contribution in [3.05, 3.63) is 42.5 Å². The summed E-state index contributed by atoms with van der Waals surface area (Å²) < 4.78 is 1.91. The maximum Gasteiger partial charge on any atom is 0.0744 e. The molecular formula is C15H20N4O2. The van der Waals surface area contributed by atoms with Crippen molar-refractivity contribution in [3.8, 4) is 0 Å². The van der Waals surface area contributed by atoms with Crippen LogP contribution in [0.3, 0.4) is 0 Å². The van der Waals surface area contributed by atoms with Crippen LogP contribution in [0.5, 0.6) is 0 Å². The zero-order valence-electron chi connectivity index (χ0n) is 11.8. The molecule has 0 spiro atoms. The van der Waals surface area contributed by atoms with Crippen molar-refractivity contribution < 1.29 is 10.2 Å². The first-order chi connectivity index (χ1) is 10.3. The number of aromatic nitrogens is 3. The lowest BCUT2D eigenvalue weighted by atomic mass is 10.1. The van der Waals surface area contributed by atoms with Crippen molar-refractivity contribution in [2.24, 2.45) is 5.92 Å². The van der Waals surface area contributed by atoms with Gasteiger partial charge in [0.1, 0.15) is 0 Å². The van der Waals surface area contributed by atoms with E-state index in [1.807, 2.05) is 23.0 Å². The van der Waals surface area contributed by atoms with Gasteiger partial charge in [0.15, 0.2) is 0 Å². The molecule has 2 heterocycles. The minimum Gasteiger partial charge on any atom is -0.392 e. The first-order valence-corrected chi connectivity index (χ1v) is 7.22. The molecule has 6 nitrogen and oxygen atoms in total. The summed E-state index contributed by atoms with van der Waals surface area (Å²) in [6, 6.07) is 3.74. The van der Waals surface area contributed by atoms with Crippen LogP contribution in [-0.4, -0.2) is 37.1 Å². The second-order valence-corrected chi connectivity index (χ2v) is 5.57. The Morgan fingerprint density at radius 1 is 1.33 bits per heavy atom. The largest absolute Gasteiger partial charge is 0.392 e. The summed E-state index contributed by atoms with van der Waals surface area (Å²) in [6.07, 6.45) is 8.30. The van der Waals surface area contributed by atoms with Gasteiger partial charge in [-0.15, -0.1) is 0 Å². The third kappa shape index (κ3) is 3.22. The van der Waals surface area contributed by atoms with Crippen LogP contribution in [0.15, 0.2) is 36.9 Å². The molecule has 3 atom stereocenters. The van der Waals surface area contributed by atoms with Gasteiger partial charge in [0.2, 0.25) is 0 Å². The molecule has 0 bridgehead atoms. The standard InChI is InChI=1S/C15H20N4O2/c20-10-12-8-16-4-2-13(12)18-14-6-11(7-15(14)21)9-19-5-1-3-17-19/h1-5,8,11,14-15,20-21H,6-7,9-10H2,(H,16,18)/t11?,14-,15-/m1/s1. The molecule has 112 valence electrons. The molecule has 2 aromatic rings. The second-order valence-electron chi connectivity index (χ2n) is 5.57. The van der Waals surface area contributed by atoms with E-state index in [2.05, 4.69) is 15.4 Å². The number of nitrogens with zero attached hydrogens (tertiary/aromatic N) is 3. The summed E-state index contributed by atoms with van der Waals surface area (Å²) in [5, 5.41) is 27.1. The molecule has 1 aliphatic carbocycles. The molecule has 0 radical (unpaired) electrons. The molecule has 6 heteroatoms. The van der Waals surface area contributed by atoms with Gasteiger partial charge in [-0.1, -0.05) is 0 Å². The summed E-state index contributed by atoms with van der Waals surface area (Å²) >= 11 is 0. The van der Waals surface area contributed by atoms with Gasteiger partial charge in [0.05, 0.1) is 18.8 Å². The average molecular weight is 288 g/mol. The highest BCUT2D eigenvalue weighted by atomic mass is 16.3. The second kappa shape index (κ2) is 6.24. The first-order valence-electron chi connectivity index (χ1n) is 7.22. The normalized spacial score (nSPS) is 25.1. The third-order valence-electron chi connectivity index (χ3n) is 4.05. The lowest BCUT2D eigenvalue weighted by Crippen LogP contribution is -2.28. The highest BCUT2D eigenvalue weighted by Crippen LogP contribution is 2.30. The quantitative estimate of drug-likeness (QED) is 0.765. The molecule has 3 N–H and O–H groups in total. The topological polar surface area (TPSA) is 83.2 Å². The first kappa shape index (κ1) is 14.0. The number of rotatable bonds is 5. The van der Waals surface area contributed by atoms with Gasteiger partial charge >= 0.3 is 0 Å². The number of hydrogen-bond acceptors (Lipinski definition) is 5. The molecule has 1 unspecified atom stereocenters. The Balaban J connectivity index is 1.64. The summed E-state index contributed by atoms with van der Waals surface area (Å²) in [4.78, 5) is 4.00. The zero-order valence-corrected chi connectivity index (χ0v) is 11.8.